The van der Waals surface area contributed by atoms with E-state index >= 15 is 0 Å². The molecule has 1 fully saturated rings. The normalized spacial score (nSPS) is 22.6. The molecule has 4 nitrogen and oxygen atoms in total. The summed E-state index contributed by atoms with van der Waals surface area (Å²) in [5.41, 5.74) is 0.0826. The zero-order valence-corrected chi connectivity index (χ0v) is 7.82. The SMILES string of the molecule is OCc1nn(C2CCCCO2)cc1F. The number of hydrogen-bond donors (Lipinski definition) is 1. The molecule has 2 rings (SSSR count). The van der Waals surface area contributed by atoms with E-state index in [9.17, 15) is 4.39 Å². The highest BCUT2D eigenvalue weighted by Crippen LogP contribution is 2.22. The van der Waals surface area contributed by atoms with E-state index in [0.717, 1.165) is 19.3 Å². The van der Waals surface area contributed by atoms with Crippen molar-refractivity contribution in [2.45, 2.75) is 32.1 Å². The lowest BCUT2D eigenvalue weighted by atomic mass is 10.2. The molecule has 0 radical (unpaired) electrons. The predicted molar refractivity (Wildman–Crippen MR) is 46.9 cm³/mol. The van der Waals surface area contributed by atoms with Crippen molar-refractivity contribution in [3.05, 3.63) is 17.7 Å². The highest BCUT2D eigenvalue weighted by Gasteiger charge is 2.18. The number of aromatic nitrogens is 2. The molecule has 1 aromatic heterocycles. The Hall–Kier alpha value is -0.940. The summed E-state index contributed by atoms with van der Waals surface area (Å²) in [5.74, 6) is -0.471. The third-order valence-corrected chi connectivity index (χ3v) is 2.36. The molecule has 0 amide bonds. The second-order valence-electron chi connectivity index (χ2n) is 3.38. The molecule has 1 aliphatic rings. The number of nitrogens with zero attached hydrogens (tertiary/aromatic N) is 2. The molecule has 1 N–H and O–H groups in total. The summed E-state index contributed by atoms with van der Waals surface area (Å²) >= 11 is 0. The summed E-state index contributed by atoms with van der Waals surface area (Å²) in [6.45, 7) is 0.326. The van der Waals surface area contributed by atoms with E-state index in [1.807, 2.05) is 0 Å². The first-order chi connectivity index (χ1) is 6.81. The molecular weight excluding hydrogens is 187 g/mol. The maximum absolute atomic E-state index is 13.1. The second kappa shape index (κ2) is 4.06. The van der Waals surface area contributed by atoms with E-state index in [1.54, 1.807) is 0 Å². The van der Waals surface area contributed by atoms with Gasteiger partial charge in [0.2, 0.25) is 0 Å². The minimum absolute atomic E-state index is 0.0826. The number of hydrogen-bond acceptors (Lipinski definition) is 3. The lowest BCUT2D eigenvalue weighted by molar-refractivity contribution is -0.0399. The van der Waals surface area contributed by atoms with Gasteiger partial charge in [0.15, 0.2) is 5.82 Å². The third-order valence-electron chi connectivity index (χ3n) is 2.36. The molecule has 1 unspecified atom stereocenters. The fourth-order valence-corrected chi connectivity index (χ4v) is 1.59. The van der Waals surface area contributed by atoms with Gasteiger partial charge in [-0.15, -0.1) is 0 Å². The van der Waals surface area contributed by atoms with Crippen LogP contribution < -0.4 is 0 Å². The first-order valence-electron chi connectivity index (χ1n) is 4.77. The fraction of sp³-hybridized carbons (Fsp3) is 0.667. The number of aliphatic hydroxyl groups is 1. The van der Waals surface area contributed by atoms with E-state index in [-0.39, 0.29) is 18.5 Å². The molecule has 1 atom stereocenters. The molecule has 0 aromatic carbocycles. The number of rotatable bonds is 2. The van der Waals surface area contributed by atoms with Gasteiger partial charge in [0.05, 0.1) is 12.8 Å². The maximum Gasteiger partial charge on any atom is 0.166 e. The van der Waals surface area contributed by atoms with Crippen molar-refractivity contribution in [3.63, 3.8) is 0 Å². The zero-order chi connectivity index (χ0) is 9.97. The Labute approximate surface area is 81.3 Å². The largest absolute Gasteiger partial charge is 0.390 e. The highest BCUT2D eigenvalue weighted by atomic mass is 19.1. The van der Waals surface area contributed by atoms with Gasteiger partial charge in [0.1, 0.15) is 11.9 Å². The smallest absolute Gasteiger partial charge is 0.166 e. The van der Waals surface area contributed by atoms with Crippen LogP contribution in [0.25, 0.3) is 0 Å². The van der Waals surface area contributed by atoms with Crippen LogP contribution in [-0.2, 0) is 11.3 Å². The van der Waals surface area contributed by atoms with Gasteiger partial charge < -0.3 is 9.84 Å². The van der Waals surface area contributed by atoms with E-state index in [4.69, 9.17) is 9.84 Å². The molecule has 1 aliphatic heterocycles. The van der Waals surface area contributed by atoms with Crippen LogP contribution in [-0.4, -0.2) is 21.5 Å². The summed E-state index contributed by atoms with van der Waals surface area (Å²) in [4.78, 5) is 0. The lowest BCUT2D eigenvalue weighted by Gasteiger charge is -2.22. The summed E-state index contributed by atoms with van der Waals surface area (Å²) in [6.07, 6.45) is 4.08. The van der Waals surface area contributed by atoms with E-state index in [2.05, 4.69) is 5.10 Å². The minimum atomic E-state index is -0.471. The second-order valence-corrected chi connectivity index (χ2v) is 3.38. The van der Waals surface area contributed by atoms with Crippen molar-refractivity contribution in [1.82, 2.24) is 9.78 Å². The van der Waals surface area contributed by atoms with Crippen LogP contribution in [0.3, 0.4) is 0 Å². The molecule has 1 aromatic rings. The Morgan fingerprint density at radius 1 is 1.64 bits per heavy atom. The van der Waals surface area contributed by atoms with Crippen LogP contribution in [0, 0.1) is 5.82 Å². The van der Waals surface area contributed by atoms with Gasteiger partial charge in [-0.25, -0.2) is 9.07 Å². The monoisotopic (exact) mass is 200 g/mol. The van der Waals surface area contributed by atoms with Gasteiger partial charge in [-0.3, -0.25) is 0 Å². The Bertz CT molecular complexity index is 308. The first kappa shape index (κ1) is 9.61. The molecule has 2 heterocycles. The van der Waals surface area contributed by atoms with Crippen LogP contribution >= 0.6 is 0 Å². The van der Waals surface area contributed by atoms with Gasteiger partial charge in [0.25, 0.3) is 0 Å². The topological polar surface area (TPSA) is 47.3 Å². The Morgan fingerprint density at radius 3 is 3.07 bits per heavy atom. The van der Waals surface area contributed by atoms with E-state index in [1.165, 1.54) is 10.9 Å². The molecular formula is C9H13FN2O2. The van der Waals surface area contributed by atoms with Gasteiger partial charge in [-0.1, -0.05) is 0 Å². The quantitative estimate of drug-likeness (QED) is 0.780. The third kappa shape index (κ3) is 1.78. The molecule has 78 valence electrons. The molecule has 14 heavy (non-hydrogen) atoms. The molecule has 0 saturated carbocycles. The Morgan fingerprint density at radius 2 is 2.50 bits per heavy atom. The molecule has 5 heteroatoms. The predicted octanol–water partition coefficient (Wildman–Crippen LogP) is 1.21. The summed E-state index contributed by atoms with van der Waals surface area (Å²) in [6, 6.07) is 0. The minimum Gasteiger partial charge on any atom is -0.390 e. The summed E-state index contributed by atoms with van der Waals surface area (Å²) in [5, 5.41) is 12.7. The zero-order valence-electron chi connectivity index (χ0n) is 7.82. The fourth-order valence-electron chi connectivity index (χ4n) is 1.59. The molecule has 0 aliphatic carbocycles. The first-order valence-corrected chi connectivity index (χ1v) is 4.77. The van der Waals surface area contributed by atoms with Crippen LogP contribution in [0.5, 0.6) is 0 Å². The van der Waals surface area contributed by atoms with Crippen LogP contribution in [0.1, 0.15) is 31.2 Å². The molecule has 0 spiro atoms. The number of aliphatic hydroxyl groups excluding tert-OH is 1. The van der Waals surface area contributed by atoms with Gasteiger partial charge >= 0.3 is 0 Å². The average molecular weight is 200 g/mol. The van der Waals surface area contributed by atoms with Crippen molar-refractivity contribution in [2.75, 3.05) is 6.61 Å². The average Bonchev–Trinajstić information content (AvgIpc) is 2.61. The summed E-state index contributed by atoms with van der Waals surface area (Å²) < 4.78 is 20.0. The van der Waals surface area contributed by atoms with Crippen molar-refractivity contribution in [1.29, 1.82) is 0 Å². The number of ether oxygens (including phenoxy) is 1. The molecule has 1 saturated heterocycles. The Kier molecular flexibility index (Phi) is 2.79. The van der Waals surface area contributed by atoms with Crippen LogP contribution in [0.15, 0.2) is 6.20 Å². The van der Waals surface area contributed by atoms with Crippen molar-refractivity contribution in [3.8, 4) is 0 Å². The van der Waals surface area contributed by atoms with Crippen molar-refractivity contribution >= 4 is 0 Å². The van der Waals surface area contributed by atoms with Crippen molar-refractivity contribution in [2.24, 2.45) is 0 Å². The standard InChI is InChI=1S/C9H13FN2O2/c10-7-5-12(11-8(7)6-13)9-3-1-2-4-14-9/h5,9,13H,1-4,6H2. The van der Waals surface area contributed by atoms with E-state index < -0.39 is 5.82 Å². The van der Waals surface area contributed by atoms with Gasteiger partial charge in [-0.2, -0.15) is 5.10 Å². The van der Waals surface area contributed by atoms with Crippen molar-refractivity contribution < 1.29 is 14.2 Å². The van der Waals surface area contributed by atoms with Crippen LogP contribution in [0.4, 0.5) is 4.39 Å². The number of halogens is 1. The molecule has 0 bridgehead atoms. The van der Waals surface area contributed by atoms with Gasteiger partial charge in [0, 0.05) is 6.61 Å². The van der Waals surface area contributed by atoms with Crippen LogP contribution in [0.2, 0.25) is 0 Å². The Balaban J connectivity index is 2.14. The maximum atomic E-state index is 13.1. The summed E-state index contributed by atoms with van der Waals surface area (Å²) in [7, 11) is 0. The van der Waals surface area contributed by atoms with Gasteiger partial charge in [-0.05, 0) is 19.3 Å². The lowest BCUT2D eigenvalue weighted by Crippen LogP contribution is -2.18. The van der Waals surface area contributed by atoms with E-state index in [0.29, 0.717) is 6.61 Å². The highest BCUT2D eigenvalue weighted by molar-refractivity contribution is 5.01.